The van der Waals surface area contributed by atoms with E-state index in [-0.39, 0.29) is 54.3 Å². The largest absolute Gasteiger partial charge is 0.493 e. The Hall–Kier alpha value is -4.62. The molecule has 12 nitrogen and oxygen atoms in total. The number of fused-ring (bicyclic) bond motifs is 8. The molecule has 0 saturated carbocycles. The highest BCUT2D eigenvalue weighted by molar-refractivity contribution is 7.89. The highest BCUT2D eigenvalue weighted by Crippen LogP contribution is 2.33. The number of aryl methyl sites for hydroxylation is 1. The van der Waals surface area contributed by atoms with E-state index >= 15 is 0 Å². The zero-order valence-electron chi connectivity index (χ0n) is 24.9. The molecule has 1 saturated heterocycles. The molecule has 4 heterocycles. The molecule has 3 aromatic rings. The lowest BCUT2D eigenvalue weighted by atomic mass is 10.0. The van der Waals surface area contributed by atoms with Gasteiger partial charge in [0.05, 0.1) is 24.6 Å². The molecule has 0 unspecified atom stereocenters. The molecule has 2 atom stereocenters. The fourth-order valence-corrected chi connectivity index (χ4v) is 7.37. The second kappa shape index (κ2) is 12.4. The third kappa shape index (κ3) is 6.31. The van der Waals surface area contributed by atoms with Crippen LogP contribution in [0.4, 0.5) is 5.69 Å². The second-order valence-electron chi connectivity index (χ2n) is 11.2. The molecule has 4 aliphatic rings. The van der Waals surface area contributed by atoms with E-state index in [9.17, 15) is 22.8 Å². The van der Waals surface area contributed by atoms with Crippen molar-refractivity contribution in [3.05, 3.63) is 77.4 Å². The summed E-state index contributed by atoms with van der Waals surface area (Å²) in [5.74, 6) is 0.155. The van der Waals surface area contributed by atoms with E-state index in [1.165, 1.54) is 30.5 Å². The van der Waals surface area contributed by atoms with Gasteiger partial charge in [-0.2, -0.15) is 4.31 Å². The molecule has 3 amide bonds. The Balaban J connectivity index is 1.31. The van der Waals surface area contributed by atoms with Crippen LogP contribution < -0.4 is 29.7 Å². The highest BCUT2D eigenvalue weighted by Gasteiger charge is 2.42. The second-order valence-corrected chi connectivity index (χ2v) is 13.1. The average molecular weight is 635 g/mol. The van der Waals surface area contributed by atoms with Gasteiger partial charge in [0.15, 0.2) is 18.1 Å². The van der Waals surface area contributed by atoms with Crippen molar-refractivity contribution in [1.29, 1.82) is 0 Å². The molecule has 2 N–H and O–H groups in total. The summed E-state index contributed by atoms with van der Waals surface area (Å²) in [5, 5.41) is 5.74. The Morgan fingerprint density at radius 2 is 1.82 bits per heavy atom. The predicted octanol–water partition coefficient (Wildman–Crippen LogP) is 2.25. The van der Waals surface area contributed by atoms with Crippen LogP contribution in [-0.4, -0.2) is 75.9 Å². The van der Waals surface area contributed by atoms with Gasteiger partial charge in [-0.1, -0.05) is 12.1 Å². The number of anilines is 1. The van der Waals surface area contributed by atoms with Crippen LogP contribution in [0.15, 0.2) is 65.6 Å². The van der Waals surface area contributed by atoms with Gasteiger partial charge < -0.3 is 29.7 Å². The van der Waals surface area contributed by atoms with E-state index in [4.69, 9.17) is 14.2 Å². The summed E-state index contributed by atoms with van der Waals surface area (Å²) < 4.78 is 46.5. The molecule has 236 valence electrons. The Bertz CT molecular complexity index is 1740. The molecule has 4 aliphatic heterocycles. The SMILES string of the molecule is COc1ccc2cc1OCC(=O)NCc1ccc(cc1)O[C@H]1CN(S(=O)(=O)c3ccc4c(c3)CCCN4C(C)=O)C[C@@H]1NC2=O. The van der Waals surface area contributed by atoms with E-state index in [0.717, 1.165) is 23.2 Å². The van der Waals surface area contributed by atoms with E-state index in [2.05, 4.69) is 10.6 Å². The Labute approximate surface area is 261 Å². The summed E-state index contributed by atoms with van der Waals surface area (Å²) in [4.78, 5) is 39.8. The number of amides is 3. The van der Waals surface area contributed by atoms with Crippen LogP contribution >= 0.6 is 0 Å². The summed E-state index contributed by atoms with van der Waals surface area (Å²) in [6, 6.07) is 15.9. The van der Waals surface area contributed by atoms with Crippen molar-refractivity contribution < 1.29 is 37.0 Å². The third-order valence-electron chi connectivity index (χ3n) is 8.22. The molecule has 0 spiro atoms. The van der Waals surface area contributed by atoms with Crippen molar-refractivity contribution >= 4 is 33.4 Å². The molecular weight excluding hydrogens is 600 g/mol. The van der Waals surface area contributed by atoms with Crippen LogP contribution in [0.2, 0.25) is 0 Å². The minimum atomic E-state index is -3.98. The summed E-state index contributed by atoms with van der Waals surface area (Å²) in [7, 11) is -2.52. The lowest BCUT2D eigenvalue weighted by molar-refractivity contribution is -0.123. The first kappa shape index (κ1) is 30.4. The highest BCUT2D eigenvalue weighted by atomic mass is 32.2. The lowest BCUT2D eigenvalue weighted by Gasteiger charge is -2.29. The molecule has 13 heteroatoms. The van der Waals surface area contributed by atoms with Crippen molar-refractivity contribution in [2.45, 2.75) is 43.4 Å². The number of nitrogens with one attached hydrogen (secondary N) is 2. The van der Waals surface area contributed by atoms with Crippen molar-refractivity contribution in [2.24, 2.45) is 0 Å². The molecule has 3 aromatic carbocycles. The number of nitrogens with zero attached hydrogens (tertiary/aromatic N) is 2. The van der Waals surface area contributed by atoms with E-state index in [1.807, 2.05) is 0 Å². The van der Waals surface area contributed by atoms with Crippen LogP contribution in [0, 0.1) is 0 Å². The maximum absolute atomic E-state index is 14.0. The summed E-state index contributed by atoms with van der Waals surface area (Å²) >= 11 is 0. The van der Waals surface area contributed by atoms with Gasteiger partial charge in [-0.15, -0.1) is 0 Å². The van der Waals surface area contributed by atoms with Crippen LogP contribution in [-0.2, 0) is 32.6 Å². The molecule has 45 heavy (non-hydrogen) atoms. The number of sulfonamides is 1. The van der Waals surface area contributed by atoms with Crippen molar-refractivity contribution in [1.82, 2.24) is 14.9 Å². The molecule has 0 aromatic heterocycles. The molecule has 7 rings (SSSR count). The van der Waals surface area contributed by atoms with E-state index in [0.29, 0.717) is 24.5 Å². The standard InChI is InChI=1S/C32H34N4O8S/c1-20(37)36-13-3-4-22-14-25(10-11-27(22)36)45(40,41)35-17-26-30(18-35)44-24-8-5-21(6-9-24)16-33-31(38)19-43-29-15-23(32(39)34-26)7-12-28(29)42-2/h5-12,14-15,26,30H,3-4,13,16-19H2,1-2H3,(H,33,38)(H,34,39)/t26-,30-/m0/s1. The maximum Gasteiger partial charge on any atom is 0.258 e. The van der Waals surface area contributed by atoms with E-state index < -0.39 is 28.1 Å². The normalized spacial score (nSPS) is 20.5. The van der Waals surface area contributed by atoms with Gasteiger partial charge in [-0.3, -0.25) is 14.4 Å². The smallest absolute Gasteiger partial charge is 0.258 e. The fourth-order valence-electron chi connectivity index (χ4n) is 5.84. The number of methoxy groups -OCH3 is 1. The van der Waals surface area contributed by atoms with Gasteiger partial charge in [-0.05, 0) is 72.5 Å². The summed E-state index contributed by atoms with van der Waals surface area (Å²) in [5.41, 5.74) is 2.60. The predicted molar refractivity (Wildman–Crippen MR) is 164 cm³/mol. The van der Waals surface area contributed by atoms with Gasteiger partial charge in [0.25, 0.3) is 11.8 Å². The van der Waals surface area contributed by atoms with Crippen molar-refractivity contribution in [3.63, 3.8) is 0 Å². The van der Waals surface area contributed by atoms with Gasteiger partial charge in [0.2, 0.25) is 15.9 Å². The number of benzene rings is 3. The minimum Gasteiger partial charge on any atom is -0.493 e. The van der Waals surface area contributed by atoms with Gasteiger partial charge in [0.1, 0.15) is 11.9 Å². The lowest BCUT2D eigenvalue weighted by Crippen LogP contribution is -2.45. The Morgan fingerprint density at radius 1 is 1.02 bits per heavy atom. The first-order valence-corrected chi connectivity index (χ1v) is 16.1. The molecule has 4 bridgehead atoms. The molecule has 0 aliphatic carbocycles. The van der Waals surface area contributed by atoms with E-state index in [1.54, 1.807) is 53.4 Å². The quantitative estimate of drug-likeness (QED) is 0.447. The zero-order valence-corrected chi connectivity index (χ0v) is 25.8. The van der Waals surface area contributed by atoms with Gasteiger partial charge in [-0.25, -0.2) is 8.42 Å². The topological polar surface area (TPSA) is 144 Å². The fraction of sp³-hybridized carbons (Fsp3) is 0.344. The molecule has 0 radical (unpaired) electrons. The third-order valence-corrected chi connectivity index (χ3v) is 10.0. The Kier molecular flexibility index (Phi) is 8.38. The number of carbonyl (C=O) groups is 3. The first-order chi connectivity index (χ1) is 21.6. The van der Waals surface area contributed by atoms with Crippen LogP contribution in [0.1, 0.15) is 34.8 Å². The van der Waals surface area contributed by atoms with Gasteiger partial charge in [0, 0.05) is 37.8 Å². The maximum atomic E-state index is 14.0. The monoisotopic (exact) mass is 634 g/mol. The zero-order chi connectivity index (χ0) is 31.7. The number of carbonyl (C=O) groups excluding carboxylic acids is 3. The van der Waals surface area contributed by atoms with Crippen LogP contribution in [0.3, 0.4) is 0 Å². The van der Waals surface area contributed by atoms with Crippen LogP contribution in [0.25, 0.3) is 0 Å². The Morgan fingerprint density at radius 3 is 2.58 bits per heavy atom. The van der Waals surface area contributed by atoms with Crippen molar-refractivity contribution in [3.8, 4) is 17.2 Å². The number of hydrogen-bond acceptors (Lipinski definition) is 8. The summed E-state index contributed by atoms with van der Waals surface area (Å²) in [6.07, 6.45) is 0.706. The minimum absolute atomic E-state index is 0.00127. The number of ether oxygens (including phenoxy) is 3. The molecular formula is C32H34N4O8S. The number of rotatable bonds is 3. The average Bonchev–Trinajstić information content (AvgIpc) is 3.44. The van der Waals surface area contributed by atoms with Crippen molar-refractivity contribution in [2.75, 3.05) is 38.3 Å². The summed E-state index contributed by atoms with van der Waals surface area (Å²) in [6.45, 7) is 2.06. The molecule has 1 fully saturated rings. The number of hydrogen-bond donors (Lipinski definition) is 2. The van der Waals surface area contributed by atoms with Gasteiger partial charge >= 0.3 is 0 Å². The first-order valence-electron chi connectivity index (χ1n) is 14.7. The van der Waals surface area contributed by atoms with Crippen LogP contribution in [0.5, 0.6) is 17.2 Å².